The Bertz CT molecular complexity index is 192. The van der Waals surface area contributed by atoms with E-state index in [2.05, 4.69) is 5.32 Å². The molecule has 0 spiro atoms. The maximum absolute atomic E-state index is 11.1. The lowest BCUT2D eigenvalue weighted by Gasteiger charge is -2.14. The lowest BCUT2D eigenvalue weighted by atomic mass is 10.2. The Morgan fingerprint density at radius 2 is 2.00 bits per heavy atom. The van der Waals surface area contributed by atoms with E-state index in [9.17, 15) is 9.59 Å². The van der Waals surface area contributed by atoms with Crippen molar-refractivity contribution in [2.24, 2.45) is 5.73 Å². The molecule has 0 radical (unpaired) electrons. The zero-order valence-corrected chi connectivity index (χ0v) is 8.33. The summed E-state index contributed by atoms with van der Waals surface area (Å²) in [5, 5.41) is 2.90. The van der Waals surface area contributed by atoms with Crippen molar-refractivity contribution in [1.29, 1.82) is 0 Å². The van der Waals surface area contributed by atoms with Crippen LogP contribution in [-0.4, -0.2) is 43.4 Å². The largest absolute Gasteiger partial charge is 0.370 e. The van der Waals surface area contributed by atoms with E-state index in [4.69, 9.17) is 5.73 Å². The number of nitrogens with zero attached hydrogens (tertiary/aromatic N) is 1. The molecule has 2 amide bonds. The number of amides is 2. The first-order valence-corrected chi connectivity index (χ1v) is 4.15. The number of rotatable bonds is 5. The third kappa shape index (κ3) is 6.10. The van der Waals surface area contributed by atoms with Crippen LogP contribution < -0.4 is 11.1 Å². The summed E-state index contributed by atoms with van der Waals surface area (Å²) >= 11 is 0. The summed E-state index contributed by atoms with van der Waals surface area (Å²) in [5.74, 6) is -0.381. The van der Waals surface area contributed by atoms with Crippen LogP contribution in [0.2, 0.25) is 0 Å². The predicted molar refractivity (Wildman–Crippen MR) is 50.0 cm³/mol. The minimum atomic E-state index is -0.364. The van der Waals surface area contributed by atoms with E-state index in [1.165, 1.54) is 4.90 Å². The second kappa shape index (κ2) is 5.53. The Morgan fingerprint density at radius 1 is 1.46 bits per heavy atom. The van der Waals surface area contributed by atoms with Gasteiger partial charge >= 0.3 is 0 Å². The zero-order valence-electron chi connectivity index (χ0n) is 8.33. The van der Waals surface area contributed by atoms with Crippen LogP contribution in [0.15, 0.2) is 0 Å². The highest BCUT2D eigenvalue weighted by Crippen LogP contribution is 1.88. The van der Waals surface area contributed by atoms with Gasteiger partial charge in [0.2, 0.25) is 11.8 Å². The van der Waals surface area contributed by atoms with Crippen molar-refractivity contribution in [1.82, 2.24) is 10.2 Å². The Balaban J connectivity index is 3.63. The molecule has 0 saturated heterocycles. The predicted octanol–water partition coefficient (Wildman–Crippen LogP) is -1.07. The van der Waals surface area contributed by atoms with Gasteiger partial charge in [0, 0.05) is 26.6 Å². The summed E-state index contributed by atoms with van der Waals surface area (Å²) in [4.78, 5) is 23.0. The topological polar surface area (TPSA) is 75.4 Å². The number of nitrogens with one attached hydrogen (secondary N) is 1. The van der Waals surface area contributed by atoms with E-state index >= 15 is 0 Å². The fourth-order valence-electron chi connectivity index (χ4n) is 0.794. The normalized spacial score (nSPS) is 12.2. The second-order valence-electron chi connectivity index (χ2n) is 3.24. The fraction of sp³-hybridized carbons (Fsp3) is 0.750. The Morgan fingerprint density at radius 3 is 2.38 bits per heavy atom. The molecule has 0 aromatic carbocycles. The molecule has 0 aliphatic heterocycles. The molecule has 0 aliphatic rings. The van der Waals surface area contributed by atoms with Crippen molar-refractivity contribution in [3.05, 3.63) is 0 Å². The number of hydrogen-bond acceptors (Lipinski definition) is 3. The highest BCUT2D eigenvalue weighted by molar-refractivity contribution is 5.78. The number of carbonyl (C=O) groups excluding carboxylic acids is 2. The smallest absolute Gasteiger partial charge is 0.236 e. The number of nitrogens with two attached hydrogens (primary N) is 1. The molecule has 0 aromatic rings. The third-order valence-corrected chi connectivity index (χ3v) is 1.61. The van der Waals surface area contributed by atoms with Crippen molar-refractivity contribution in [3.8, 4) is 0 Å². The monoisotopic (exact) mass is 187 g/mol. The summed E-state index contributed by atoms with van der Waals surface area (Å²) < 4.78 is 0. The van der Waals surface area contributed by atoms with E-state index in [0.29, 0.717) is 0 Å². The van der Waals surface area contributed by atoms with Gasteiger partial charge in [-0.05, 0) is 6.92 Å². The maximum atomic E-state index is 11.1. The lowest BCUT2D eigenvalue weighted by molar-refractivity contribution is -0.128. The highest BCUT2D eigenvalue weighted by atomic mass is 16.2. The van der Waals surface area contributed by atoms with Gasteiger partial charge in [0.15, 0.2) is 0 Å². The number of hydrogen-bond donors (Lipinski definition) is 2. The SMILES string of the molecule is CC(CC(N)=O)NCC(=O)N(C)C. The van der Waals surface area contributed by atoms with Crippen LogP contribution in [0.4, 0.5) is 0 Å². The fourth-order valence-corrected chi connectivity index (χ4v) is 0.794. The van der Waals surface area contributed by atoms with Gasteiger partial charge in [-0.1, -0.05) is 0 Å². The molecule has 5 nitrogen and oxygen atoms in total. The van der Waals surface area contributed by atoms with Crippen LogP contribution in [0.25, 0.3) is 0 Å². The van der Waals surface area contributed by atoms with Gasteiger partial charge < -0.3 is 16.0 Å². The summed E-state index contributed by atoms with van der Waals surface area (Å²) in [7, 11) is 3.37. The first-order chi connectivity index (χ1) is 5.93. The molecular weight excluding hydrogens is 170 g/mol. The Labute approximate surface area is 78.3 Å². The molecule has 3 N–H and O–H groups in total. The minimum Gasteiger partial charge on any atom is -0.370 e. The van der Waals surface area contributed by atoms with Crippen molar-refractivity contribution >= 4 is 11.8 Å². The van der Waals surface area contributed by atoms with E-state index in [0.717, 1.165) is 0 Å². The summed E-state index contributed by atoms with van der Waals surface area (Å²) in [6.07, 6.45) is 0.251. The summed E-state index contributed by atoms with van der Waals surface area (Å²) in [6.45, 7) is 2.05. The third-order valence-electron chi connectivity index (χ3n) is 1.61. The maximum Gasteiger partial charge on any atom is 0.236 e. The van der Waals surface area contributed by atoms with Gasteiger partial charge in [0.25, 0.3) is 0 Å². The van der Waals surface area contributed by atoms with Crippen molar-refractivity contribution in [2.45, 2.75) is 19.4 Å². The van der Waals surface area contributed by atoms with Crippen molar-refractivity contribution in [2.75, 3.05) is 20.6 Å². The van der Waals surface area contributed by atoms with Gasteiger partial charge in [-0.2, -0.15) is 0 Å². The molecule has 0 heterocycles. The van der Waals surface area contributed by atoms with E-state index in [-0.39, 0.29) is 30.8 Å². The summed E-state index contributed by atoms with van der Waals surface area (Å²) in [5.41, 5.74) is 4.99. The van der Waals surface area contributed by atoms with E-state index in [1.807, 2.05) is 6.92 Å². The van der Waals surface area contributed by atoms with Crippen LogP contribution >= 0.6 is 0 Å². The Hall–Kier alpha value is -1.10. The van der Waals surface area contributed by atoms with Crippen LogP contribution in [0.1, 0.15) is 13.3 Å². The van der Waals surface area contributed by atoms with Crippen LogP contribution in [0, 0.1) is 0 Å². The molecule has 13 heavy (non-hydrogen) atoms. The number of carbonyl (C=O) groups is 2. The molecule has 5 heteroatoms. The van der Waals surface area contributed by atoms with Gasteiger partial charge in [-0.3, -0.25) is 9.59 Å². The summed E-state index contributed by atoms with van der Waals surface area (Å²) in [6, 6.07) is -0.0543. The highest BCUT2D eigenvalue weighted by Gasteiger charge is 2.08. The molecule has 1 atom stereocenters. The van der Waals surface area contributed by atoms with Crippen LogP contribution in [0.3, 0.4) is 0 Å². The minimum absolute atomic E-state index is 0.0173. The van der Waals surface area contributed by atoms with Gasteiger partial charge in [0.1, 0.15) is 0 Å². The second-order valence-corrected chi connectivity index (χ2v) is 3.24. The molecule has 1 unspecified atom stereocenters. The van der Waals surface area contributed by atoms with Crippen LogP contribution in [-0.2, 0) is 9.59 Å². The zero-order chi connectivity index (χ0) is 10.4. The van der Waals surface area contributed by atoms with E-state index in [1.54, 1.807) is 14.1 Å². The average molecular weight is 187 g/mol. The molecule has 0 rings (SSSR count). The number of primary amides is 1. The Kier molecular flexibility index (Phi) is 5.06. The molecule has 0 aliphatic carbocycles. The van der Waals surface area contributed by atoms with Crippen molar-refractivity contribution in [3.63, 3.8) is 0 Å². The molecular formula is C8H17N3O2. The lowest BCUT2D eigenvalue weighted by Crippen LogP contribution is -2.39. The quantitative estimate of drug-likeness (QED) is 0.575. The van der Waals surface area contributed by atoms with Crippen LogP contribution in [0.5, 0.6) is 0 Å². The van der Waals surface area contributed by atoms with Gasteiger partial charge in [0.05, 0.1) is 6.54 Å². The molecule has 0 bridgehead atoms. The first-order valence-electron chi connectivity index (χ1n) is 4.15. The molecule has 0 fully saturated rings. The average Bonchev–Trinajstić information content (AvgIpc) is 1.98. The standard InChI is InChI=1S/C8H17N3O2/c1-6(4-7(9)12)10-5-8(13)11(2)3/h6,10H,4-5H2,1-3H3,(H2,9,12). The van der Waals surface area contributed by atoms with E-state index < -0.39 is 0 Å². The molecule has 0 saturated carbocycles. The molecule has 76 valence electrons. The first kappa shape index (κ1) is 11.9. The number of likely N-dealkylation sites (N-methyl/N-ethyl adjacent to an activating group) is 1. The van der Waals surface area contributed by atoms with Gasteiger partial charge in [-0.15, -0.1) is 0 Å². The molecule has 0 aromatic heterocycles. The van der Waals surface area contributed by atoms with Crippen molar-refractivity contribution < 1.29 is 9.59 Å². The van der Waals surface area contributed by atoms with Gasteiger partial charge in [-0.25, -0.2) is 0 Å².